The summed E-state index contributed by atoms with van der Waals surface area (Å²) in [5, 5.41) is 13.6. The molecule has 0 aliphatic heterocycles. The molecule has 0 saturated heterocycles. The molecule has 6 nitrogen and oxygen atoms in total. The third kappa shape index (κ3) is 3.86. The molecule has 7 heteroatoms. The Labute approximate surface area is 165 Å². The molecule has 1 fully saturated rings. The van der Waals surface area contributed by atoms with Gasteiger partial charge < -0.3 is 5.32 Å². The van der Waals surface area contributed by atoms with Crippen LogP contribution in [-0.4, -0.2) is 30.7 Å². The smallest absolute Gasteiger partial charge is 0.240 e. The number of nitrogens with one attached hydrogen (secondary N) is 2. The Bertz CT molecular complexity index is 1140. The number of rotatable bonds is 6. The number of aryl methyl sites for hydroxylation is 1. The SMILES string of the molecule is Cc1ccc(S(=O)(=O)NC2CC2)cc1-c1ccc2c(NC(C)C)nncc2c1. The molecule has 1 aliphatic carbocycles. The van der Waals surface area contributed by atoms with Crippen molar-refractivity contribution in [1.82, 2.24) is 14.9 Å². The van der Waals surface area contributed by atoms with Crippen molar-refractivity contribution in [3.63, 3.8) is 0 Å². The van der Waals surface area contributed by atoms with Crippen molar-refractivity contribution in [2.24, 2.45) is 0 Å². The predicted octanol–water partition coefficient (Wildman–Crippen LogP) is 3.87. The summed E-state index contributed by atoms with van der Waals surface area (Å²) in [7, 11) is -3.49. The minimum Gasteiger partial charge on any atom is -0.366 e. The second-order valence-electron chi connectivity index (χ2n) is 7.67. The minimum atomic E-state index is -3.49. The second-order valence-corrected chi connectivity index (χ2v) is 9.38. The van der Waals surface area contributed by atoms with Gasteiger partial charge in [-0.1, -0.05) is 12.1 Å². The minimum absolute atomic E-state index is 0.0841. The quantitative estimate of drug-likeness (QED) is 0.661. The van der Waals surface area contributed by atoms with Crippen molar-refractivity contribution >= 4 is 26.6 Å². The second kappa shape index (κ2) is 7.14. The lowest BCUT2D eigenvalue weighted by Gasteiger charge is -2.13. The average Bonchev–Trinajstić information content (AvgIpc) is 3.44. The fraction of sp³-hybridized carbons (Fsp3) is 0.333. The van der Waals surface area contributed by atoms with Gasteiger partial charge in [0.2, 0.25) is 10.0 Å². The molecule has 1 saturated carbocycles. The van der Waals surface area contributed by atoms with E-state index in [1.54, 1.807) is 18.3 Å². The molecule has 0 radical (unpaired) electrons. The third-order valence-electron chi connectivity index (χ3n) is 4.82. The van der Waals surface area contributed by atoms with Crippen LogP contribution in [0.15, 0.2) is 47.5 Å². The normalized spacial score (nSPS) is 14.6. The van der Waals surface area contributed by atoms with Crippen molar-refractivity contribution in [2.45, 2.75) is 50.6 Å². The van der Waals surface area contributed by atoms with Crippen molar-refractivity contribution in [2.75, 3.05) is 5.32 Å². The Kier molecular flexibility index (Phi) is 4.81. The van der Waals surface area contributed by atoms with Gasteiger partial charge in [-0.05, 0) is 74.6 Å². The van der Waals surface area contributed by atoms with Gasteiger partial charge >= 0.3 is 0 Å². The molecule has 28 heavy (non-hydrogen) atoms. The first kappa shape index (κ1) is 18.8. The number of hydrogen-bond acceptors (Lipinski definition) is 5. The molecule has 146 valence electrons. The first-order chi connectivity index (χ1) is 13.3. The van der Waals surface area contributed by atoms with E-state index in [9.17, 15) is 8.42 Å². The summed E-state index contributed by atoms with van der Waals surface area (Å²) in [5.41, 5.74) is 2.87. The fourth-order valence-electron chi connectivity index (χ4n) is 3.20. The molecular weight excluding hydrogens is 372 g/mol. The van der Waals surface area contributed by atoms with Gasteiger partial charge in [0.05, 0.1) is 11.1 Å². The Morgan fingerprint density at radius 2 is 1.89 bits per heavy atom. The number of fused-ring (bicyclic) bond motifs is 1. The van der Waals surface area contributed by atoms with Crippen molar-refractivity contribution in [3.8, 4) is 11.1 Å². The Morgan fingerprint density at radius 3 is 2.61 bits per heavy atom. The first-order valence-corrected chi connectivity index (χ1v) is 11.0. The van der Waals surface area contributed by atoms with Crippen molar-refractivity contribution in [1.29, 1.82) is 0 Å². The summed E-state index contributed by atoms with van der Waals surface area (Å²) in [6.45, 7) is 6.10. The third-order valence-corrected chi connectivity index (χ3v) is 6.33. The van der Waals surface area contributed by atoms with Crippen LogP contribution in [0.25, 0.3) is 21.9 Å². The van der Waals surface area contributed by atoms with Crippen LogP contribution in [0.1, 0.15) is 32.3 Å². The molecule has 1 aromatic heterocycles. The van der Waals surface area contributed by atoms with Crippen LogP contribution >= 0.6 is 0 Å². The molecule has 3 aromatic rings. The topological polar surface area (TPSA) is 84.0 Å². The lowest BCUT2D eigenvalue weighted by molar-refractivity contribution is 0.581. The fourth-order valence-corrected chi connectivity index (χ4v) is 4.53. The van der Waals surface area contributed by atoms with E-state index >= 15 is 0 Å². The van der Waals surface area contributed by atoms with Gasteiger partial charge in [-0.3, -0.25) is 0 Å². The molecular formula is C21H24N4O2S. The zero-order valence-corrected chi connectivity index (χ0v) is 17.0. The molecule has 4 rings (SSSR count). The first-order valence-electron chi connectivity index (χ1n) is 9.49. The van der Waals surface area contributed by atoms with Gasteiger partial charge in [0, 0.05) is 22.9 Å². The molecule has 0 spiro atoms. The van der Waals surface area contributed by atoms with Crippen LogP contribution in [-0.2, 0) is 10.0 Å². The molecule has 1 heterocycles. The summed E-state index contributed by atoms with van der Waals surface area (Å²) in [5.74, 6) is 0.751. The van der Waals surface area contributed by atoms with Crippen molar-refractivity contribution in [3.05, 3.63) is 48.2 Å². The Morgan fingerprint density at radius 1 is 1.11 bits per heavy atom. The zero-order chi connectivity index (χ0) is 19.9. The number of sulfonamides is 1. The summed E-state index contributed by atoms with van der Waals surface area (Å²) >= 11 is 0. The molecule has 0 amide bonds. The summed E-state index contributed by atoms with van der Waals surface area (Å²) in [4.78, 5) is 0.301. The monoisotopic (exact) mass is 396 g/mol. The molecule has 2 aromatic carbocycles. The van der Waals surface area contributed by atoms with Crippen LogP contribution in [0.3, 0.4) is 0 Å². The lowest BCUT2D eigenvalue weighted by Crippen LogP contribution is -2.25. The molecule has 0 atom stereocenters. The maximum absolute atomic E-state index is 12.6. The molecule has 0 unspecified atom stereocenters. The highest BCUT2D eigenvalue weighted by atomic mass is 32.2. The van der Waals surface area contributed by atoms with E-state index in [0.717, 1.165) is 46.1 Å². The van der Waals surface area contributed by atoms with E-state index in [1.165, 1.54) is 0 Å². The summed E-state index contributed by atoms with van der Waals surface area (Å²) in [6.07, 6.45) is 3.56. The van der Waals surface area contributed by atoms with E-state index in [2.05, 4.69) is 34.1 Å². The van der Waals surface area contributed by atoms with Crippen LogP contribution in [0.2, 0.25) is 0 Å². The van der Waals surface area contributed by atoms with Gasteiger partial charge in [-0.15, -0.1) is 5.10 Å². The van der Waals surface area contributed by atoms with E-state index in [0.29, 0.717) is 4.90 Å². The van der Waals surface area contributed by atoms with Crippen LogP contribution in [0.4, 0.5) is 5.82 Å². The highest BCUT2D eigenvalue weighted by molar-refractivity contribution is 7.89. The highest BCUT2D eigenvalue weighted by Crippen LogP contribution is 2.31. The molecule has 2 N–H and O–H groups in total. The number of anilines is 1. The largest absolute Gasteiger partial charge is 0.366 e. The van der Waals surface area contributed by atoms with Gasteiger partial charge in [-0.25, -0.2) is 13.1 Å². The number of nitrogens with zero attached hydrogens (tertiary/aromatic N) is 2. The van der Waals surface area contributed by atoms with Gasteiger partial charge in [0.25, 0.3) is 0 Å². The number of aromatic nitrogens is 2. The highest BCUT2D eigenvalue weighted by Gasteiger charge is 2.28. The maximum Gasteiger partial charge on any atom is 0.240 e. The molecule has 1 aliphatic rings. The predicted molar refractivity (Wildman–Crippen MR) is 112 cm³/mol. The Balaban J connectivity index is 1.76. The van der Waals surface area contributed by atoms with Gasteiger partial charge in [-0.2, -0.15) is 5.10 Å². The van der Waals surface area contributed by atoms with Crippen LogP contribution in [0.5, 0.6) is 0 Å². The van der Waals surface area contributed by atoms with E-state index < -0.39 is 10.0 Å². The van der Waals surface area contributed by atoms with Crippen LogP contribution in [0, 0.1) is 6.92 Å². The summed E-state index contributed by atoms with van der Waals surface area (Å²) in [6, 6.07) is 11.7. The van der Waals surface area contributed by atoms with Crippen molar-refractivity contribution < 1.29 is 8.42 Å². The van der Waals surface area contributed by atoms with Gasteiger partial charge in [0.15, 0.2) is 5.82 Å². The van der Waals surface area contributed by atoms with E-state index in [-0.39, 0.29) is 12.1 Å². The number of hydrogen-bond donors (Lipinski definition) is 2. The average molecular weight is 397 g/mol. The van der Waals surface area contributed by atoms with E-state index in [1.807, 2.05) is 31.2 Å². The lowest BCUT2D eigenvalue weighted by atomic mass is 9.98. The maximum atomic E-state index is 12.6. The standard InChI is InChI=1S/C21H24N4O2S/c1-13(2)23-21-19-9-5-15(10-16(19)12-22-24-21)20-11-18(8-4-14(20)3)28(26,27)25-17-6-7-17/h4-5,8-13,17,25H,6-7H2,1-3H3,(H,23,24). The molecule has 0 bridgehead atoms. The Hall–Kier alpha value is -2.51. The summed E-state index contributed by atoms with van der Waals surface area (Å²) < 4.78 is 27.9. The van der Waals surface area contributed by atoms with Crippen LogP contribution < -0.4 is 10.0 Å². The number of benzene rings is 2. The van der Waals surface area contributed by atoms with E-state index in [4.69, 9.17) is 0 Å². The van der Waals surface area contributed by atoms with Gasteiger partial charge in [0.1, 0.15) is 0 Å². The zero-order valence-electron chi connectivity index (χ0n) is 16.2.